The van der Waals surface area contributed by atoms with E-state index < -0.39 is 16.1 Å². The molecule has 0 bridgehead atoms. The summed E-state index contributed by atoms with van der Waals surface area (Å²) in [7, 11) is -2.29. The van der Waals surface area contributed by atoms with Gasteiger partial charge in [-0.3, -0.25) is 4.79 Å². The first-order valence-electron chi connectivity index (χ1n) is 8.92. The largest absolute Gasteiger partial charge is 0.497 e. The Morgan fingerprint density at radius 3 is 2.41 bits per heavy atom. The molecule has 1 saturated heterocycles. The lowest BCUT2D eigenvalue weighted by atomic mass is 9.94. The number of hydrogen-bond acceptors (Lipinski definition) is 5. The van der Waals surface area contributed by atoms with E-state index in [9.17, 15) is 13.2 Å². The minimum Gasteiger partial charge on any atom is -0.497 e. The van der Waals surface area contributed by atoms with Crippen LogP contribution in [-0.4, -0.2) is 46.6 Å². The maximum absolute atomic E-state index is 12.7. The number of nitrogens with one attached hydrogen (secondary N) is 3. The van der Waals surface area contributed by atoms with Crippen LogP contribution in [0.2, 0.25) is 0 Å². The summed E-state index contributed by atoms with van der Waals surface area (Å²) in [4.78, 5) is 12.8. The number of hydrogen-bond donors (Lipinski definition) is 3. The maximum atomic E-state index is 12.7. The number of amides is 1. The van der Waals surface area contributed by atoms with Gasteiger partial charge in [-0.1, -0.05) is 20.8 Å². The lowest BCUT2D eigenvalue weighted by Gasteiger charge is -2.32. The molecule has 0 aliphatic carbocycles. The van der Waals surface area contributed by atoms with Crippen molar-refractivity contribution in [2.24, 2.45) is 11.8 Å². The standard InChI is InChI=1S/C18H29N3O4S.ClH/c1-12(2)17(18(22)20-16-11-19-10-9-13(16)3)21-26(23,24)15-7-5-14(25-4)6-8-15;/h5-8,12-13,16-17,19,21H,9-11H2,1-4H3,(H,20,22);1H. The molecule has 1 heterocycles. The van der Waals surface area contributed by atoms with Gasteiger partial charge in [-0.2, -0.15) is 4.72 Å². The molecule has 1 aromatic carbocycles. The molecule has 0 spiro atoms. The lowest BCUT2D eigenvalue weighted by molar-refractivity contribution is -0.124. The summed E-state index contributed by atoms with van der Waals surface area (Å²) in [5.74, 6) is 0.444. The minimum atomic E-state index is -3.81. The second-order valence-corrected chi connectivity index (χ2v) is 8.82. The topological polar surface area (TPSA) is 96.5 Å². The van der Waals surface area contributed by atoms with Gasteiger partial charge in [0.05, 0.1) is 12.0 Å². The van der Waals surface area contributed by atoms with Crippen LogP contribution in [0.25, 0.3) is 0 Å². The van der Waals surface area contributed by atoms with Crippen molar-refractivity contribution >= 4 is 28.3 Å². The highest BCUT2D eigenvalue weighted by Gasteiger charge is 2.31. The third-order valence-corrected chi connectivity index (χ3v) is 6.21. The van der Waals surface area contributed by atoms with Crippen molar-refractivity contribution in [1.82, 2.24) is 15.4 Å². The van der Waals surface area contributed by atoms with Gasteiger partial charge in [0.1, 0.15) is 11.8 Å². The summed E-state index contributed by atoms with van der Waals surface area (Å²) in [6, 6.07) is 5.25. The number of ether oxygens (including phenoxy) is 1. The Hall–Kier alpha value is -1.35. The van der Waals surface area contributed by atoms with Gasteiger partial charge in [-0.15, -0.1) is 12.4 Å². The van der Waals surface area contributed by atoms with Crippen LogP contribution in [0, 0.1) is 11.8 Å². The summed E-state index contributed by atoms with van der Waals surface area (Å²) in [6.45, 7) is 7.37. The number of benzene rings is 1. The van der Waals surface area contributed by atoms with E-state index in [0.717, 1.165) is 13.0 Å². The van der Waals surface area contributed by atoms with Gasteiger partial charge < -0.3 is 15.4 Å². The van der Waals surface area contributed by atoms with Crippen LogP contribution in [0.3, 0.4) is 0 Å². The quantitative estimate of drug-likeness (QED) is 0.622. The molecule has 3 atom stereocenters. The second kappa shape index (κ2) is 10.3. The molecule has 0 aromatic heterocycles. The van der Waals surface area contributed by atoms with E-state index in [2.05, 4.69) is 22.3 Å². The molecule has 27 heavy (non-hydrogen) atoms. The predicted molar refractivity (Wildman–Crippen MR) is 108 cm³/mol. The number of carbonyl (C=O) groups excluding carboxylic acids is 1. The summed E-state index contributed by atoms with van der Waals surface area (Å²) in [5, 5.41) is 6.25. The van der Waals surface area contributed by atoms with Crippen LogP contribution in [0.1, 0.15) is 27.2 Å². The first kappa shape index (κ1) is 23.7. The summed E-state index contributed by atoms with van der Waals surface area (Å²) < 4.78 is 32.9. The van der Waals surface area contributed by atoms with Gasteiger partial charge >= 0.3 is 0 Å². The van der Waals surface area contributed by atoms with E-state index in [4.69, 9.17) is 4.74 Å². The van der Waals surface area contributed by atoms with E-state index in [0.29, 0.717) is 18.2 Å². The molecule has 0 saturated carbocycles. The van der Waals surface area contributed by atoms with Crippen LogP contribution < -0.4 is 20.1 Å². The normalized spacial score (nSPS) is 21.2. The zero-order valence-corrected chi connectivity index (χ0v) is 17.8. The van der Waals surface area contributed by atoms with Crippen molar-refractivity contribution in [2.45, 2.75) is 44.2 Å². The molecule has 154 valence electrons. The SMILES string of the molecule is COc1ccc(S(=O)(=O)NC(C(=O)NC2CNCCC2C)C(C)C)cc1.Cl. The van der Waals surface area contributed by atoms with Crippen LogP contribution >= 0.6 is 12.4 Å². The molecule has 1 aliphatic heterocycles. The fourth-order valence-corrected chi connectivity index (χ4v) is 4.28. The first-order chi connectivity index (χ1) is 12.2. The molecule has 0 radical (unpaired) electrons. The van der Waals surface area contributed by atoms with E-state index in [1.165, 1.54) is 19.2 Å². The molecule has 1 amide bonds. The average molecular weight is 420 g/mol. The highest BCUT2D eigenvalue weighted by molar-refractivity contribution is 7.89. The Kier molecular flexibility index (Phi) is 9.01. The Morgan fingerprint density at radius 1 is 1.26 bits per heavy atom. The molecule has 1 fully saturated rings. The van der Waals surface area contributed by atoms with Crippen molar-refractivity contribution in [3.63, 3.8) is 0 Å². The van der Waals surface area contributed by atoms with Gasteiger partial charge in [0, 0.05) is 12.6 Å². The van der Waals surface area contributed by atoms with Crippen molar-refractivity contribution in [3.05, 3.63) is 24.3 Å². The summed E-state index contributed by atoms with van der Waals surface area (Å²) >= 11 is 0. The van der Waals surface area contributed by atoms with Gasteiger partial charge in [0.25, 0.3) is 0 Å². The number of sulfonamides is 1. The fraction of sp³-hybridized carbons (Fsp3) is 0.611. The van der Waals surface area contributed by atoms with Crippen LogP contribution in [-0.2, 0) is 14.8 Å². The van der Waals surface area contributed by atoms with Crippen molar-refractivity contribution in [3.8, 4) is 5.75 Å². The van der Waals surface area contributed by atoms with Crippen molar-refractivity contribution < 1.29 is 17.9 Å². The monoisotopic (exact) mass is 419 g/mol. The van der Waals surface area contributed by atoms with E-state index in [1.807, 2.05) is 13.8 Å². The molecule has 7 nitrogen and oxygen atoms in total. The molecule has 1 aromatic rings. The summed E-state index contributed by atoms with van der Waals surface area (Å²) in [5.41, 5.74) is 0. The molecule has 3 N–H and O–H groups in total. The third-order valence-electron chi connectivity index (χ3n) is 4.76. The smallest absolute Gasteiger partial charge is 0.241 e. The molecule has 3 unspecified atom stereocenters. The Balaban J connectivity index is 0.00000364. The predicted octanol–water partition coefficient (Wildman–Crippen LogP) is 1.53. The van der Waals surface area contributed by atoms with Gasteiger partial charge in [0.2, 0.25) is 15.9 Å². The van der Waals surface area contributed by atoms with E-state index >= 15 is 0 Å². The Morgan fingerprint density at radius 2 is 1.89 bits per heavy atom. The minimum absolute atomic E-state index is 0. The second-order valence-electron chi connectivity index (χ2n) is 7.10. The Bertz CT molecular complexity index is 710. The molecular weight excluding hydrogens is 390 g/mol. The number of rotatable bonds is 7. The van der Waals surface area contributed by atoms with Crippen LogP contribution in [0.15, 0.2) is 29.2 Å². The first-order valence-corrected chi connectivity index (χ1v) is 10.4. The van der Waals surface area contributed by atoms with Gasteiger partial charge in [-0.25, -0.2) is 8.42 Å². The number of halogens is 1. The lowest BCUT2D eigenvalue weighted by Crippen LogP contribution is -2.56. The fourth-order valence-electron chi connectivity index (χ4n) is 2.94. The number of carbonyl (C=O) groups is 1. The number of piperidine rings is 1. The molecule has 9 heteroatoms. The van der Waals surface area contributed by atoms with Crippen LogP contribution in [0.4, 0.5) is 0 Å². The van der Waals surface area contributed by atoms with Crippen molar-refractivity contribution in [1.29, 1.82) is 0 Å². The Labute approximate surface area is 168 Å². The average Bonchev–Trinajstić information content (AvgIpc) is 2.61. The molecule has 2 rings (SSSR count). The third kappa shape index (κ3) is 6.34. The van der Waals surface area contributed by atoms with Crippen LogP contribution in [0.5, 0.6) is 5.75 Å². The number of methoxy groups -OCH3 is 1. The zero-order valence-electron chi connectivity index (χ0n) is 16.2. The van der Waals surface area contributed by atoms with Gasteiger partial charge in [-0.05, 0) is 49.1 Å². The zero-order chi connectivity index (χ0) is 19.3. The maximum Gasteiger partial charge on any atom is 0.241 e. The molecule has 1 aliphatic rings. The summed E-state index contributed by atoms with van der Waals surface area (Å²) in [6.07, 6.45) is 0.981. The van der Waals surface area contributed by atoms with Crippen molar-refractivity contribution in [2.75, 3.05) is 20.2 Å². The molecular formula is C18H30ClN3O4S. The van der Waals surface area contributed by atoms with Gasteiger partial charge in [0.15, 0.2) is 0 Å². The highest BCUT2D eigenvalue weighted by Crippen LogP contribution is 2.17. The van der Waals surface area contributed by atoms with E-state index in [-0.39, 0.29) is 35.2 Å². The van der Waals surface area contributed by atoms with E-state index in [1.54, 1.807) is 12.1 Å². The highest BCUT2D eigenvalue weighted by atomic mass is 35.5.